The predicted octanol–water partition coefficient (Wildman–Crippen LogP) is 1.69. The molecule has 1 amide bonds. The minimum absolute atomic E-state index is 0.0448. The van der Waals surface area contributed by atoms with Crippen LogP contribution >= 0.6 is 0 Å². The van der Waals surface area contributed by atoms with E-state index in [-0.39, 0.29) is 24.0 Å². The monoisotopic (exact) mass is 277 g/mol. The Kier molecular flexibility index (Phi) is 4.61. The van der Waals surface area contributed by atoms with E-state index in [0.29, 0.717) is 0 Å². The summed E-state index contributed by atoms with van der Waals surface area (Å²) in [5.74, 6) is -1.11. The molecule has 0 aliphatic heterocycles. The first-order valence-corrected chi connectivity index (χ1v) is 6.87. The molecule has 0 heterocycles. The highest BCUT2D eigenvalue weighted by atomic mass is 16.4. The van der Waals surface area contributed by atoms with E-state index in [4.69, 9.17) is 0 Å². The lowest BCUT2D eigenvalue weighted by Gasteiger charge is -2.17. The molecular formula is C15H19NO4. The van der Waals surface area contributed by atoms with Crippen molar-refractivity contribution in [3.63, 3.8) is 0 Å². The molecule has 1 aromatic rings. The first kappa shape index (κ1) is 14.4. The van der Waals surface area contributed by atoms with Gasteiger partial charge in [0.1, 0.15) is 11.8 Å². The standard InChI is InChI=1S/C15H19NO4/c17-12-7-5-10(6-8-12)9-13(15(19)20)16-14(18)11-3-1-2-4-11/h5-8,11,13,17H,1-4,9H2,(H,16,18)(H,19,20)/t13-/m1/s1. The van der Waals surface area contributed by atoms with E-state index in [1.165, 1.54) is 12.1 Å². The Labute approximate surface area is 117 Å². The summed E-state index contributed by atoms with van der Waals surface area (Å²) < 4.78 is 0. The van der Waals surface area contributed by atoms with Crippen molar-refractivity contribution >= 4 is 11.9 Å². The topological polar surface area (TPSA) is 86.6 Å². The van der Waals surface area contributed by atoms with Crippen molar-refractivity contribution < 1.29 is 19.8 Å². The quantitative estimate of drug-likeness (QED) is 0.764. The number of phenolic OH excluding ortho intramolecular Hbond substituents is 1. The minimum atomic E-state index is -1.04. The number of carbonyl (C=O) groups excluding carboxylic acids is 1. The van der Waals surface area contributed by atoms with Gasteiger partial charge in [-0.3, -0.25) is 4.79 Å². The number of aromatic hydroxyl groups is 1. The van der Waals surface area contributed by atoms with Gasteiger partial charge in [0.25, 0.3) is 0 Å². The Balaban J connectivity index is 1.98. The lowest BCUT2D eigenvalue weighted by Crippen LogP contribution is -2.44. The average molecular weight is 277 g/mol. The van der Waals surface area contributed by atoms with E-state index in [1.807, 2.05) is 0 Å². The maximum atomic E-state index is 12.0. The van der Waals surface area contributed by atoms with Crippen molar-refractivity contribution in [1.82, 2.24) is 5.32 Å². The number of carbonyl (C=O) groups is 2. The van der Waals surface area contributed by atoms with Gasteiger partial charge in [0.15, 0.2) is 0 Å². The number of phenols is 1. The van der Waals surface area contributed by atoms with E-state index in [0.717, 1.165) is 31.2 Å². The number of aliphatic carboxylic acids is 1. The molecule has 1 saturated carbocycles. The number of carboxylic acids is 1. The predicted molar refractivity (Wildman–Crippen MR) is 73.3 cm³/mol. The molecule has 108 valence electrons. The number of amides is 1. The van der Waals surface area contributed by atoms with Crippen molar-refractivity contribution in [2.45, 2.75) is 38.1 Å². The van der Waals surface area contributed by atoms with E-state index in [1.54, 1.807) is 12.1 Å². The van der Waals surface area contributed by atoms with Gasteiger partial charge in [0, 0.05) is 12.3 Å². The maximum absolute atomic E-state index is 12.0. The van der Waals surface area contributed by atoms with E-state index in [2.05, 4.69) is 5.32 Å². The fraction of sp³-hybridized carbons (Fsp3) is 0.467. The van der Waals surface area contributed by atoms with Crippen LogP contribution in [0.4, 0.5) is 0 Å². The fourth-order valence-electron chi connectivity index (χ4n) is 2.55. The molecule has 1 aliphatic carbocycles. The second-order valence-electron chi connectivity index (χ2n) is 5.25. The summed E-state index contributed by atoms with van der Waals surface area (Å²) in [7, 11) is 0. The second-order valence-corrected chi connectivity index (χ2v) is 5.25. The highest BCUT2D eigenvalue weighted by Crippen LogP contribution is 2.24. The number of hydrogen-bond acceptors (Lipinski definition) is 3. The zero-order valence-electron chi connectivity index (χ0n) is 11.2. The SMILES string of the molecule is O=C(N[C@H](Cc1ccc(O)cc1)C(=O)O)C1CCCC1. The van der Waals surface area contributed by atoms with Gasteiger partial charge in [0.05, 0.1) is 0 Å². The highest BCUT2D eigenvalue weighted by Gasteiger charge is 2.27. The third-order valence-electron chi connectivity index (χ3n) is 3.72. The summed E-state index contributed by atoms with van der Waals surface area (Å²) in [4.78, 5) is 23.2. The summed E-state index contributed by atoms with van der Waals surface area (Å²) in [6.07, 6.45) is 3.98. The van der Waals surface area contributed by atoms with Crippen LogP contribution in [0.1, 0.15) is 31.2 Å². The van der Waals surface area contributed by atoms with Crippen molar-refractivity contribution in [3.05, 3.63) is 29.8 Å². The molecule has 3 N–H and O–H groups in total. The van der Waals surface area contributed by atoms with Crippen LogP contribution in [-0.2, 0) is 16.0 Å². The molecule has 0 saturated heterocycles. The summed E-state index contributed by atoms with van der Waals surface area (Å²) in [6, 6.07) is 5.41. The Morgan fingerprint density at radius 1 is 1.20 bits per heavy atom. The van der Waals surface area contributed by atoms with Crippen LogP contribution in [0.3, 0.4) is 0 Å². The normalized spacial score (nSPS) is 16.8. The van der Waals surface area contributed by atoms with Crippen molar-refractivity contribution in [2.24, 2.45) is 5.92 Å². The van der Waals surface area contributed by atoms with Crippen LogP contribution in [0.15, 0.2) is 24.3 Å². The molecule has 1 atom stereocenters. The van der Waals surface area contributed by atoms with Crippen molar-refractivity contribution in [1.29, 1.82) is 0 Å². The number of carboxylic acid groups (broad SMARTS) is 1. The van der Waals surface area contributed by atoms with Crippen molar-refractivity contribution in [2.75, 3.05) is 0 Å². The molecule has 5 nitrogen and oxygen atoms in total. The second kappa shape index (κ2) is 6.41. The third kappa shape index (κ3) is 3.73. The molecule has 0 radical (unpaired) electrons. The van der Waals surface area contributed by atoms with Gasteiger partial charge in [-0.2, -0.15) is 0 Å². The van der Waals surface area contributed by atoms with Gasteiger partial charge in [-0.25, -0.2) is 4.79 Å². The fourth-order valence-corrected chi connectivity index (χ4v) is 2.55. The van der Waals surface area contributed by atoms with Crippen LogP contribution in [0.5, 0.6) is 5.75 Å². The molecule has 2 rings (SSSR count). The summed E-state index contributed by atoms with van der Waals surface area (Å²) in [5, 5.41) is 21.0. The first-order valence-electron chi connectivity index (χ1n) is 6.87. The van der Waals surface area contributed by atoms with Crippen LogP contribution in [0.2, 0.25) is 0 Å². The smallest absolute Gasteiger partial charge is 0.326 e. The molecule has 1 aliphatic rings. The van der Waals surface area contributed by atoms with Crippen LogP contribution in [0, 0.1) is 5.92 Å². The Hall–Kier alpha value is -2.04. The minimum Gasteiger partial charge on any atom is -0.508 e. The highest BCUT2D eigenvalue weighted by molar-refractivity contribution is 5.85. The first-order chi connectivity index (χ1) is 9.56. The van der Waals surface area contributed by atoms with E-state index < -0.39 is 12.0 Å². The van der Waals surface area contributed by atoms with Gasteiger partial charge >= 0.3 is 5.97 Å². The van der Waals surface area contributed by atoms with E-state index >= 15 is 0 Å². The van der Waals surface area contributed by atoms with Gasteiger partial charge in [-0.15, -0.1) is 0 Å². The van der Waals surface area contributed by atoms with Gasteiger partial charge < -0.3 is 15.5 Å². The van der Waals surface area contributed by atoms with Gasteiger partial charge in [0.2, 0.25) is 5.91 Å². The number of nitrogens with one attached hydrogen (secondary N) is 1. The number of benzene rings is 1. The Bertz CT molecular complexity index is 477. The molecule has 5 heteroatoms. The Morgan fingerprint density at radius 3 is 2.35 bits per heavy atom. The van der Waals surface area contributed by atoms with Gasteiger partial charge in [-0.1, -0.05) is 25.0 Å². The summed E-state index contributed by atoms with van der Waals surface area (Å²) in [6.45, 7) is 0. The van der Waals surface area contributed by atoms with Crippen molar-refractivity contribution in [3.8, 4) is 5.75 Å². The largest absolute Gasteiger partial charge is 0.508 e. The molecule has 0 unspecified atom stereocenters. The number of rotatable bonds is 5. The molecule has 0 spiro atoms. The Morgan fingerprint density at radius 2 is 1.80 bits per heavy atom. The van der Waals surface area contributed by atoms with Gasteiger partial charge in [-0.05, 0) is 30.5 Å². The van der Waals surface area contributed by atoms with Crippen LogP contribution in [0.25, 0.3) is 0 Å². The molecule has 0 bridgehead atoms. The average Bonchev–Trinajstić information content (AvgIpc) is 2.94. The zero-order chi connectivity index (χ0) is 14.5. The molecular weight excluding hydrogens is 258 g/mol. The lowest BCUT2D eigenvalue weighted by molar-refractivity contribution is -0.142. The molecule has 20 heavy (non-hydrogen) atoms. The molecule has 0 aromatic heterocycles. The van der Waals surface area contributed by atoms with Crippen LogP contribution in [-0.4, -0.2) is 28.1 Å². The maximum Gasteiger partial charge on any atom is 0.326 e. The third-order valence-corrected chi connectivity index (χ3v) is 3.72. The van der Waals surface area contributed by atoms with Crippen LogP contribution < -0.4 is 5.32 Å². The lowest BCUT2D eigenvalue weighted by atomic mass is 10.0. The number of hydrogen-bond donors (Lipinski definition) is 3. The zero-order valence-corrected chi connectivity index (χ0v) is 11.2. The summed E-state index contributed by atoms with van der Waals surface area (Å²) in [5.41, 5.74) is 0.766. The molecule has 1 fully saturated rings. The van der Waals surface area contributed by atoms with E-state index in [9.17, 15) is 19.8 Å². The molecule has 1 aromatic carbocycles. The summed E-state index contributed by atoms with van der Waals surface area (Å²) >= 11 is 0.